The van der Waals surface area contributed by atoms with E-state index in [2.05, 4.69) is 4.98 Å². The summed E-state index contributed by atoms with van der Waals surface area (Å²) >= 11 is 0. The number of nitrogens with two attached hydrogens (primary N) is 1. The van der Waals surface area contributed by atoms with E-state index in [1.165, 1.54) is 25.7 Å². The molecule has 18 heavy (non-hydrogen) atoms. The second kappa shape index (κ2) is 6.59. The molecule has 1 aromatic heterocycles. The van der Waals surface area contributed by atoms with Crippen LogP contribution in [0.25, 0.3) is 0 Å². The van der Waals surface area contributed by atoms with E-state index in [4.69, 9.17) is 15.2 Å². The summed E-state index contributed by atoms with van der Waals surface area (Å²) in [5, 5.41) is 0. The van der Waals surface area contributed by atoms with Crippen molar-refractivity contribution >= 4 is 0 Å². The van der Waals surface area contributed by atoms with Crippen LogP contribution in [0.2, 0.25) is 0 Å². The maximum Gasteiger partial charge on any atom is 0.216 e. The molecule has 0 spiro atoms. The van der Waals surface area contributed by atoms with E-state index in [1.54, 1.807) is 13.3 Å². The number of methoxy groups -OCH3 is 1. The third-order valence-electron chi connectivity index (χ3n) is 3.75. The molecular weight excluding hydrogens is 228 g/mol. The minimum atomic E-state index is 0.586. The topological polar surface area (TPSA) is 57.4 Å². The van der Waals surface area contributed by atoms with Crippen LogP contribution in [0.15, 0.2) is 18.3 Å². The van der Waals surface area contributed by atoms with Crippen molar-refractivity contribution < 1.29 is 9.47 Å². The molecule has 1 heterocycles. The summed E-state index contributed by atoms with van der Waals surface area (Å²) in [5.74, 6) is 2.61. The molecule has 1 aliphatic rings. The van der Waals surface area contributed by atoms with Gasteiger partial charge >= 0.3 is 0 Å². The second-order valence-electron chi connectivity index (χ2n) is 4.89. The number of nitrogens with zero attached hydrogens (tertiary/aromatic N) is 1. The Morgan fingerprint density at radius 1 is 1.33 bits per heavy atom. The van der Waals surface area contributed by atoms with Gasteiger partial charge in [-0.05, 0) is 37.3 Å². The summed E-state index contributed by atoms with van der Waals surface area (Å²) in [6, 6.07) is 3.68. The molecule has 0 saturated heterocycles. The van der Waals surface area contributed by atoms with E-state index >= 15 is 0 Å². The van der Waals surface area contributed by atoms with Crippen molar-refractivity contribution in [1.82, 2.24) is 4.98 Å². The molecule has 0 radical (unpaired) electrons. The monoisotopic (exact) mass is 250 g/mol. The van der Waals surface area contributed by atoms with Gasteiger partial charge in [-0.2, -0.15) is 0 Å². The van der Waals surface area contributed by atoms with Gasteiger partial charge in [0.05, 0.1) is 13.7 Å². The van der Waals surface area contributed by atoms with E-state index < -0.39 is 0 Å². The molecule has 0 amide bonds. The minimum Gasteiger partial charge on any atom is -0.493 e. The highest BCUT2D eigenvalue weighted by Crippen LogP contribution is 2.30. The standard InChI is InChI=1S/C14H22N2O2/c1-17-14-8-13(6-7-16-14)18-10-12-5-3-2-4-11(12)9-15/h6-8,11-12H,2-5,9-10,15H2,1H3. The van der Waals surface area contributed by atoms with Crippen molar-refractivity contribution in [3.05, 3.63) is 18.3 Å². The van der Waals surface area contributed by atoms with Crippen molar-refractivity contribution in [3.63, 3.8) is 0 Å². The van der Waals surface area contributed by atoms with Gasteiger partial charge in [0.1, 0.15) is 5.75 Å². The maximum atomic E-state index is 5.84. The lowest BCUT2D eigenvalue weighted by molar-refractivity contribution is 0.153. The highest BCUT2D eigenvalue weighted by atomic mass is 16.5. The average Bonchev–Trinajstić information content (AvgIpc) is 2.45. The Bertz CT molecular complexity index is 371. The fourth-order valence-electron chi connectivity index (χ4n) is 2.61. The fourth-order valence-corrected chi connectivity index (χ4v) is 2.61. The van der Waals surface area contributed by atoms with E-state index in [0.29, 0.717) is 17.7 Å². The third-order valence-corrected chi connectivity index (χ3v) is 3.75. The van der Waals surface area contributed by atoms with Crippen molar-refractivity contribution in [1.29, 1.82) is 0 Å². The minimum absolute atomic E-state index is 0.586. The first-order valence-corrected chi connectivity index (χ1v) is 6.66. The number of hydrogen-bond donors (Lipinski definition) is 1. The number of ether oxygens (including phenoxy) is 2. The number of aromatic nitrogens is 1. The van der Waals surface area contributed by atoms with Crippen LogP contribution < -0.4 is 15.2 Å². The molecule has 0 bridgehead atoms. The Hall–Kier alpha value is -1.29. The Labute approximate surface area is 108 Å². The molecule has 4 heteroatoms. The molecule has 0 aromatic carbocycles. The van der Waals surface area contributed by atoms with E-state index in [-0.39, 0.29) is 0 Å². The lowest BCUT2D eigenvalue weighted by atomic mass is 9.80. The summed E-state index contributed by atoms with van der Waals surface area (Å²) < 4.78 is 10.9. The van der Waals surface area contributed by atoms with Crippen molar-refractivity contribution in [3.8, 4) is 11.6 Å². The molecule has 4 nitrogen and oxygen atoms in total. The van der Waals surface area contributed by atoms with E-state index in [9.17, 15) is 0 Å². The van der Waals surface area contributed by atoms with Gasteiger partial charge < -0.3 is 15.2 Å². The van der Waals surface area contributed by atoms with Gasteiger partial charge in [-0.3, -0.25) is 0 Å². The van der Waals surface area contributed by atoms with Gasteiger partial charge in [0.2, 0.25) is 5.88 Å². The Morgan fingerprint density at radius 3 is 2.83 bits per heavy atom. The zero-order chi connectivity index (χ0) is 12.8. The van der Waals surface area contributed by atoms with Crippen LogP contribution >= 0.6 is 0 Å². The van der Waals surface area contributed by atoms with Gasteiger partial charge in [0.25, 0.3) is 0 Å². The van der Waals surface area contributed by atoms with Gasteiger partial charge in [-0.15, -0.1) is 0 Å². The molecule has 2 atom stereocenters. The van der Waals surface area contributed by atoms with Crippen LogP contribution in [0.1, 0.15) is 25.7 Å². The van der Waals surface area contributed by atoms with Crippen LogP contribution in [0.4, 0.5) is 0 Å². The maximum absolute atomic E-state index is 5.84. The van der Waals surface area contributed by atoms with Crippen molar-refractivity contribution in [2.45, 2.75) is 25.7 Å². The fraction of sp³-hybridized carbons (Fsp3) is 0.643. The van der Waals surface area contributed by atoms with Crippen LogP contribution in [0, 0.1) is 11.8 Å². The van der Waals surface area contributed by atoms with Gasteiger partial charge in [-0.1, -0.05) is 12.8 Å². The predicted molar refractivity (Wildman–Crippen MR) is 70.8 cm³/mol. The summed E-state index contributed by atoms with van der Waals surface area (Å²) in [7, 11) is 1.61. The van der Waals surface area contributed by atoms with E-state index in [1.807, 2.05) is 12.1 Å². The first-order valence-electron chi connectivity index (χ1n) is 6.66. The molecule has 1 aromatic rings. The first kappa shape index (κ1) is 13.1. The van der Waals surface area contributed by atoms with Crippen LogP contribution in [-0.4, -0.2) is 25.2 Å². The molecule has 2 unspecified atom stereocenters. The molecule has 1 saturated carbocycles. The molecule has 2 rings (SSSR count). The zero-order valence-electron chi connectivity index (χ0n) is 11.0. The highest BCUT2D eigenvalue weighted by Gasteiger charge is 2.24. The quantitative estimate of drug-likeness (QED) is 0.870. The summed E-state index contributed by atoms with van der Waals surface area (Å²) in [6.07, 6.45) is 6.77. The van der Waals surface area contributed by atoms with Gasteiger partial charge in [0.15, 0.2) is 0 Å². The zero-order valence-corrected chi connectivity index (χ0v) is 11.0. The van der Waals surface area contributed by atoms with Gasteiger partial charge in [-0.25, -0.2) is 4.98 Å². The van der Waals surface area contributed by atoms with Crippen molar-refractivity contribution in [2.75, 3.05) is 20.3 Å². The second-order valence-corrected chi connectivity index (χ2v) is 4.89. The molecular formula is C14H22N2O2. The summed E-state index contributed by atoms with van der Waals surface area (Å²) in [6.45, 7) is 1.52. The van der Waals surface area contributed by atoms with E-state index in [0.717, 1.165) is 18.9 Å². The largest absolute Gasteiger partial charge is 0.493 e. The Morgan fingerprint density at radius 2 is 2.11 bits per heavy atom. The normalized spacial score (nSPS) is 23.7. The lowest BCUT2D eigenvalue weighted by Crippen LogP contribution is -2.30. The lowest BCUT2D eigenvalue weighted by Gasteiger charge is -2.30. The molecule has 0 aliphatic heterocycles. The molecule has 100 valence electrons. The Kier molecular flexibility index (Phi) is 4.81. The summed E-state index contributed by atoms with van der Waals surface area (Å²) in [5.41, 5.74) is 5.82. The number of pyridine rings is 1. The summed E-state index contributed by atoms with van der Waals surface area (Å²) in [4.78, 5) is 4.06. The van der Waals surface area contributed by atoms with Crippen molar-refractivity contribution in [2.24, 2.45) is 17.6 Å². The van der Waals surface area contributed by atoms with Crippen LogP contribution in [0.3, 0.4) is 0 Å². The highest BCUT2D eigenvalue weighted by molar-refractivity contribution is 5.25. The number of rotatable bonds is 5. The number of hydrogen-bond acceptors (Lipinski definition) is 4. The van der Waals surface area contributed by atoms with Gasteiger partial charge in [0, 0.05) is 12.3 Å². The smallest absolute Gasteiger partial charge is 0.216 e. The van der Waals surface area contributed by atoms with Crippen LogP contribution in [0.5, 0.6) is 11.6 Å². The molecule has 1 fully saturated rings. The molecule has 1 aliphatic carbocycles. The first-order chi connectivity index (χ1) is 8.83. The van der Waals surface area contributed by atoms with Crippen LogP contribution in [-0.2, 0) is 0 Å². The average molecular weight is 250 g/mol. The third kappa shape index (κ3) is 3.35. The Balaban J connectivity index is 1.89. The molecule has 2 N–H and O–H groups in total. The SMILES string of the molecule is COc1cc(OCC2CCCCC2CN)ccn1. The predicted octanol–water partition coefficient (Wildman–Crippen LogP) is 2.23.